The van der Waals surface area contributed by atoms with E-state index in [1.807, 2.05) is 49.3 Å². The minimum Gasteiger partial charge on any atom is -0.497 e. The van der Waals surface area contributed by atoms with Gasteiger partial charge in [0.1, 0.15) is 24.2 Å². The summed E-state index contributed by atoms with van der Waals surface area (Å²) in [5.74, 6) is 1.96. The highest BCUT2D eigenvalue weighted by molar-refractivity contribution is 5.82. The van der Waals surface area contributed by atoms with Crippen LogP contribution in [0.4, 0.5) is 0 Å². The number of carbonyl (C=O) groups is 2. The molecule has 0 heterocycles. The van der Waals surface area contributed by atoms with Gasteiger partial charge in [-0.15, -0.1) is 0 Å². The molecule has 0 aromatic heterocycles. The number of nitrogens with one attached hydrogen (secondary N) is 1. The van der Waals surface area contributed by atoms with Gasteiger partial charge in [0.2, 0.25) is 5.91 Å². The number of rotatable bonds is 14. The number of hydrogen-bond acceptors (Lipinski definition) is 6. The van der Waals surface area contributed by atoms with Crippen molar-refractivity contribution in [1.82, 2.24) is 10.2 Å². The van der Waals surface area contributed by atoms with Gasteiger partial charge in [-0.05, 0) is 112 Å². The third kappa shape index (κ3) is 8.11. The average molecular weight is 591 g/mol. The topological polar surface area (TPSA) is 77.1 Å². The number of aryl methyl sites for hydroxylation is 2. The molecule has 1 amide bonds. The van der Waals surface area contributed by atoms with Crippen molar-refractivity contribution in [3.05, 3.63) is 59.7 Å². The van der Waals surface area contributed by atoms with Crippen LogP contribution in [0.5, 0.6) is 11.5 Å². The second-order valence-corrected chi connectivity index (χ2v) is 14.6. The molecule has 4 aliphatic rings. The van der Waals surface area contributed by atoms with E-state index in [9.17, 15) is 9.59 Å². The molecule has 6 rings (SSSR count). The molecule has 7 nitrogen and oxygen atoms in total. The molecule has 4 saturated carbocycles. The number of methoxy groups -OCH3 is 1. The number of hydrogen-bond donors (Lipinski definition) is 1. The van der Waals surface area contributed by atoms with Gasteiger partial charge in [0.25, 0.3) is 0 Å². The summed E-state index contributed by atoms with van der Waals surface area (Å²) in [6.45, 7) is 5.58. The monoisotopic (exact) mass is 590 g/mol. The number of ether oxygens (including phenoxy) is 3. The zero-order valence-electron chi connectivity index (χ0n) is 26.7. The number of para-hydroxylation sites is 1. The maximum atomic E-state index is 13.1. The lowest BCUT2D eigenvalue weighted by atomic mass is 9.43. The number of likely N-dealkylation sites (N-methyl/N-ethyl adjacent to an activating group) is 1. The fourth-order valence-corrected chi connectivity index (χ4v) is 9.08. The van der Waals surface area contributed by atoms with Gasteiger partial charge in [0, 0.05) is 18.5 Å². The summed E-state index contributed by atoms with van der Waals surface area (Å²) in [6, 6.07) is 16.1. The highest BCUT2D eigenvalue weighted by Gasteiger charge is 2.60. The molecule has 2 aromatic rings. The lowest BCUT2D eigenvalue weighted by Gasteiger charge is -2.65. The van der Waals surface area contributed by atoms with Crippen molar-refractivity contribution in [3.8, 4) is 11.5 Å². The summed E-state index contributed by atoms with van der Waals surface area (Å²) in [6.07, 6.45) is 8.50. The molecule has 7 heteroatoms. The van der Waals surface area contributed by atoms with Crippen molar-refractivity contribution in [3.63, 3.8) is 0 Å². The molecule has 2 aromatic carbocycles. The van der Waals surface area contributed by atoms with E-state index in [-0.39, 0.29) is 36.9 Å². The normalized spacial score (nSPS) is 28.0. The van der Waals surface area contributed by atoms with Gasteiger partial charge in [-0.2, -0.15) is 0 Å². The van der Waals surface area contributed by atoms with Crippen LogP contribution in [0.25, 0.3) is 0 Å². The van der Waals surface area contributed by atoms with Crippen LogP contribution >= 0.6 is 0 Å². The first kappa shape index (κ1) is 31.4. The Balaban J connectivity index is 1.12. The molecular formula is C36H50N2O5. The van der Waals surface area contributed by atoms with Gasteiger partial charge in [0.05, 0.1) is 13.5 Å². The van der Waals surface area contributed by atoms with Crippen molar-refractivity contribution in [2.75, 3.05) is 34.4 Å². The molecule has 234 valence electrons. The Bertz CT molecular complexity index is 1270. The number of benzene rings is 2. The highest BCUT2D eigenvalue weighted by Crippen LogP contribution is 2.66. The van der Waals surface area contributed by atoms with Crippen LogP contribution in [0.1, 0.15) is 76.3 Å². The summed E-state index contributed by atoms with van der Waals surface area (Å²) in [4.78, 5) is 28.0. The van der Waals surface area contributed by atoms with Crippen LogP contribution in [0.3, 0.4) is 0 Å². The summed E-state index contributed by atoms with van der Waals surface area (Å²) in [5.41, 5.74) is 2.85. The molecule has 1 N–H and O–H groups in total. The first-order valence-corrected chi connectivity index (χ1v) is 16.0. The Morgan fingerprint density at radius 1 is 0.953 bits per heavy atom. The van der Waals surface area contributed by atoms with Gasteiger partial charge in [0.15, 0.2) is 0 Å². The minimum absolute atomic E-state index is 0.0310. The third-order valence-corrected chi connectivity index (χ3v) is 9.67. The average Bonchev–Trinajstić information content (AvgIpc) is 2.91. The van der Waals surface area contributed by atoms with E-state index in [1.165, 1.54) is 24.8 Å². The van der Waals surface area contributed by atoms with E-state index in [0.29, 0.717) is 23.3 Å². The molecule has 3 unspecified atom stereocenters. The predicted octanol–water partition coefficient (Wildman–Crippen LogP) is 5.98. The SMILES string of the molecule is COc1cccc(CCc2ccccc2OCC(CN(C)C)OC(=O)CCC(=O)NC23CC4CC(C)(CC(C)(C4)C2)C3)c1. The second-order valence-electron chi connectivity index (χ2n) is 14.6. The van der Waals surface area contributed by atoms with Crippen molar-refractivity contribution >= 4 is 11.9 Å². The predicted molar refractivity (Wildman–Crippen MR) is 168 cm³/mol. The van der Waals surface area contributed by atoms with Crippen molar-refractivity contribution in [2.45, 2.75) is 89.7 Å². The Labute approximate surface area is 257 Å². The fraction of sp³-hybridized carbons (Fsp3) is 0.611. The highest BCUT2D eigenvalue weighted by atomic mass is 16.6. The smallest absolute Gasteiger partial charge is 0.306 e. The summed E-state index contributed by atoms with van der Waals surface area (Å²) in [7, 11) is 5.57. The van der Waals surface area contributed by atoms with Gasteiger partial charge >= 0.3 is 5.97 Å². The summed E-state index contributed by atoms with van der Waals surface area (Å²) in [5, 5.41) is 3.41. The summed E-state index contributed by atoms with van der Waals surface area (Å²) < 4.78 is 17.4. The number of amides is 1. The Morgan fingerprint density at radius 2 is 1.70 bits per heavy atom. The first-order valence-electron chi connectivity index (χ1n) is 16.0. The quantitative estimate of drug-likeness (QED) is 0.273. The van der Waals surface area contributed by atoms with E-state index < -0.39 is 6.10 Å². The van der Waals surface area contributed by atoms with Crippen molar-refractivity contribution < 1.29 is 23.8 Å². The lowest BCUT2D eigenvalue weighted by Crippen LogP contribution is -2.65. The van der Waals surface area contributed by atoms with Crippen molar-refractivity contribution in [2.24, 2.45) is 16.7 Å². The molecule has 4 fully saturated rings. The molecule has 0 spiro atoms. The van der Waals surface area contributed by atoms with E-state index in [4.69, 9.17) is 14.2 Å². The van der Waals surface area contributed by atoms with Gasteiger partial charge in [-0.3, -0.25) is 9.59 Å². The van der Waals surface area contributed by atoms with Crippen LogP contribution in [0.15, 0.2) is 48.5 Å². The number of nitrogens with zero attached hydrogens (tertiary/aromatic N) is 1. The van der Waals surface area contributed by atoms with Gasteiger partial charge in [-0.25, -0.2) is 0 Å². The molecular weight excluding hydrogens is 540 g/mol. The lowest BCUT2D eigenvalue weighted by molar-refractivity contribution is -0.153. The van der Waals surface area contributed by atoms with E-state index in [0.717, 1.165) is 49.2 Å². The standard InChI is InChI=1S/C36H50N2O5/c1-34-18-27-19-35(2,23-34)25-36(20-27,24-34)37-32(39)15-16-33(40)43-30(21-38(3)4)22-42-31-12-7-6-10-28(31)14-13-26-9-8-11-29(17-26)41-5/h6-12,17,27,30H,13-16,18-25H2,1-5H3,(H,37,39). The summed E-state index contributed by atoms with van der Waals surface area (Å²) >= 11 is 0. The fourth-order valence-electron chi connectivity index (χ4n) is 9.08. The molecule has 0 radical (unpaired) electrons. The maximum absolute atomic E-state index is 13.1. The van der Waals surface area contributed by atoms with E-state index in [1.54, 1.807) is 7.11 Å². The Kier molecular flexibility index (Phi) is 9.40. The van der Waals surface area contributed by atoms with Crippen LogP contribution in [-0.2, 0) is 27.2 Å². The molecule has 3 atom stereocenters. The zero-order valence-corrected chi connectivity index (χ0v) is 26.7. The van der Waals surface area contributed by atoms with E-state index >= 15 is 0 Å². The first-order chi connectivity index (χ1) is 20.5. The largest absolute Gasteiger partial charge is 0.497 e. The van der Waals surface area contributed by atoms with E-state index in [2.05, 4.69) is 37.4 Å². The minimum atomic E-state index is -0.444. The van der Waals surface area contributed by atoms with Crippen LogP contribution in [0.2, 0.25) is 0 Å². The molecule has 4 aliphatic carbocycles. The number of carbonyl (C=O) groups excluding carboxylic acids is 2. The van der Waals surface area contributed by atoms with Crippen molar-refractivity contribution in [1.29, 1.82) is 0 Å². The molecule has 43 heavy (non-hydrogen) atoms. The van der Waals surface area contributed by atoms with Crippen LogP contribution in [0, 0.1) is 16.7 Å². The third-order valence-electron chi connectivity index (χ3n) is 9.67. The second kappa shape index (κ2) is 12.9. The number of esters is 1. The zero-order chi connectivity index (χ0) is 30.7. The van der Waals surface area contributed by atoms with Crippen LogP contribution < -0.4 is 14.8 Å². The maximum Gasteiger partial charge on any atom is 0.306 e. The molecule has 0 aliphatic heterocycles. The Morgan fingerprint density at radius 3 is 2.40 bits per heavy atom. The molecule has 4 bridgehead atoms. The van der Waals surface area contributed by atoms with Crippen LogP contribution in [-0.4, -0.2) is 62.8 Å². The molecule has 0 saturated heterocycles. The Hall–Kier alpha value is -3.06. The van der Waals surface area contributed by atoms with Gasteiger partial charge in [-0.1, -0.05) is 44.2 Å². The van der Waals surface area contributed by atoms with Gasteiger partial charge < -0.3 is 24.4 Å².